The SMILES string of the molecule is Cc1cc(C(=O)N(C)CC2CCn3ccnc3C2)nc(C)n1. The van der Waals surface area contributed by atoms with Gasteiger partial charge in [0.25, 0.3) is 5.91 Å². The molecule has 2 aromatic rings. The van der Waals surface area contributed by atoms with Crippen LogP contribution in [0.3, 0.4) is 0 Å². The molecule has 3 heterocycles. The molecule has 0 fully saturated rings. The molecule has 3 rings (SSSR count). The van der Waals surface area contributed by atoms with Crippen LogP contribution < -0.4 is 0 Å². The summed E-state index contributed by atoms with van der Waals surface area (Å²) in [6.07, 6.45) is 5.86. The van der Waals surface area contributed by atoms with E-state index in [9.17, 15) is 4.79 Å². The molecule has 0 bridgehead atoms. The van der Waals surface area contributed by atoms with Crippen molar-refractivity contribution in [2.75, 3.05) is 13.6 Å². The topological polar surface area (TPSA) is 63.9 Å². The van der Waals surface area contributed by atoms with Crippen molar-refractivity contribution in [3.05, 3.63) is 41.5 Å². The molecule has 116 valence electrons. The van der Waals surface area contributed by atoms with Gasteiger partial charge in [0.1, 0.15) is 17.3 Å². The molecular weight excluding hydrogens is 278 g/mol. The van der Waals surface area contributed by atoms with E-state index in [2.05, 4.69) is 19.5 Å². The minimum atomic E-state index is -0.0393. The van der Waals surface area contributed by atoms with Gasteiger partial charge in [-0.1, -0.05) is 0 Å². The van der Waals surface area contributed by atoms with Crippen molar-refractivity contribution in [2.24, 2.45) is 5.92 Å². The third-order valence-corrected chi connectivity index (χ3v) is 4.12. The number of aromatic nitrogens is 4. The van der Waals surface area contributed by atoms with E-state index in [0.717, 1.165) is 37.4 Å². The van der Waals surface area contributed by atoms with Gasteiger partial charge in [0.15, 0.2) is 0 Å². The van der Waals surface area contributed by atoms with E-state index in [1.165, 1.54) is 0 Å². The van der Waals surface area contributed by atoms with Gasteiger partial charge in [-0.15, -0.1) is 0 Å². The normalized spacial score (nSPS) is 17.1. The van der Waals surface area contributed by atoms with Crippen LogP contribution in [0.2, 0.25) is 0 Å². The van der Waals surface area contributed by atoms with Gasteiger partial charge in [0.05, 0.1) is 0 Å². The fourth-order valence-corrected chi connectivity index (χ4v) is 3.06. The van der Waals surface area contributed by atoms with Crippen LogP contribution in [0.4, 0.5) is 0 Å². The summed E-state index contributed by atoms with van der Waals surface area (Å²) in [5, 5.41) is 0. The number of hydrogen-bond acceptors (Lipinski definition) is 4. The molecule has 0 N–H and O–H groups in total. The molecule has 6 nitrogen and oxygen atoms in total. The first-order valence-electron chi connectivity index (χ1n) is 7.60. The summed E-state index contributed by atoms with van der Waals surface area (Å²) in [4.78, 5) is 27.2. The fourth-order valence-electron chi connectivity index (χ4n) is 3.06. The lowest BCUT2D eigenvalue weighted by Crippen LogP contribution is -2.35. The molecule has 1 unspecified atom stereocenters. The largest absolute Gasteiger partial charge is 0.340 e. The zero-order valence-electron chi connectivity index (χ0n) is 13.3. The van der Waals surface area contributed by atoms with E-state index < -0.39 is 0 Å². The highest BCUT2D eigenvalue weighted by atomic mass is 16.2. The lowest BCUT2D eigenvalue weighted by atomic mass is 9.97. The zero-order valence-corrected chi connectivity index (χ0v) is 13.3. The van der Waals surface area contributed by atoms with Gasteiger partial charge >= 0.3 is 0 Å². The third kappa shape index (κ3) is 3.00. The molecule has 0 saturated carbocycles. The molecular formula is C16H21N5O. The monoisotopic (exact) mass is 299 g/mol. The molecule has 1 atom stereocenters. The van der Waals surface area contributed by atoms with Crippen LogP contribution in [0.25, 0.3) is 0 Å². The van der Waals surface area contributed by atoms with Gasteiger partial charge < -0.3 is 9.47 Å². The number of rotatable bonds is 3. The summed E-state index contributed by atoms with van der Waals surface area (Å²) < 4.78 is 2.19. The van der Waals surface area contributed by atoms with Crippen LogP contribution in [-0.4, -0.2) is 43.9 Å². The van der Waals surface area contributed by atoms with Gasteiger partial charge in [0, 0.05) is 44.6 Å². The number of carbonyl (C=O) groups excluding carboxylic acids is 1. The molecule has 0 aromatic carbocycles. The molecule has 0 aliphatic carbocycles. The number of hydrogen-bond donors (Lipinski definition) is 0. The fraction of sp³-hybridized carbons (Fsp3) is 0.500. The van der Waals surface area contributed by atoms with Crippen molar-refractivity contribution in [1.29, 1.82) is 0 Å². The van der Waals surface area contributed by atoms with Crippen molar-refractivity contribution in [1.82, 2.24) is 24.4 Å². The van der Waals surface area contributed by atoms with Crippen LogP contribution >= 0.6 is 0 Å². The van der Waals surface area contributed by atoms with Gasteiger partial charge in [0.2, 0.25) is 0 Å². The number of carbonyl (C=O) groups is 1. The third-order valence-electron chi connectivity index (χ3n) is 4.12. The maximum absolute atomic E-state index is 12.5. The van der Waals surface area contributed by atoms with Crippen LogP contribution in [-0.2, 0) is 13.0 Å². The standard InChI is InChI=1S/C16H21N5O/c1-11-8-14(19-12(2)18-11)16(22)20(3)10-13-4-6-21-7-5-17-15(21)9-13/h5,7-8,13H,4,6,9-10H2,1-3H3. The quantitative estimate of drug-likeness (QED) is 0.864. The Labute approximate surface area is 130 Å². The predicted molar refractivity (Wildman–Crippen MR) is 82.5 cm³/mol. The second-order valence-electron chi connectivity index (χ2n) is 6.02. The number of amides is 1. The zero-order chi connectivity index (χ0) is 15.7. The average Bonchev–Trinajstić information content (AvgIpc) is 2.93. The predicted octanol–water partition coefficient (Wildman–Crippen LogP) is 1.62. The maximum Gasteiger partial charge on any atom is 0.272 e. The van der Waals surface area contributed by atoms with Crippen LogP contribution in [0, 0.1) is 19.8 Å². The molecule has 1 amide bonds. The highest BCUT2D eigenvalue weighted by molar-refractivity contribution is 5.92. The number of aryl methyl sites for hydroxylation is 3. The average molecular weight is 299 g/mol. The van der Waals surface area contributed by atoms with Gasteiger partial charge in [-0.05, 0) is 32.3 Å². The molecule has 0 radical (unpaired) electrons. The van der Waals surface area contributed by atoms with Gasteiger partial charge in [-0.3, -0.25) is 4.79 Å². The summed E-state index contributed by atoms with van der Waals surface area (Å²) in [7, 11) is 1.84. The lowest BCUT2D eigenvalue weighted by Gasteiger charge is -2.27. The van der Waals surface area contributed by atoms with Crippen LogP contribution in [0.15, 0.2) is 18.5 Å². The van der Waals surface area contributed by atoms with E-state index in [1.54, 1.807) is 11.0 Å². The van der Waals surface area contributed by atoms with Crippen LogP contribution in [0.1, 0.15) is 34.3 Å². The first-order chi connectivity index (χ1) is 10.5. The molecule has 2 aromatic heterocycles. The molecule has 6 heteroatoms. The van der Waals surface area contributed by atoms with Crippen molar-refractivity contribution < 1.29 is 4.79 Å². The second kappa shape index (κ2) is 5.87. The van der Waals surface area contributed by atoms with E-state index in [0.29, 0.717) is 17.4 Å². The minimum absolute atomic E-state index is 0.0393. The molecule has 22 heavy (non-hydrogen) atoms. The van der Waals surface area contributed by atoms with E-state index >= 15 is 0 Å². The summed E-state index contributed by atoms with van der Waals surface area (Å²) in [6, 6.07) is 1.75. The minimum Gasteiger partial charge on any atom is -0.340 e. The van der Waals surface area contributed by atoms with Crippen molar-refractivity contribution in [2.45, 2.75) is 33.2 Å². The number of nitrogens with zero attached hydrogens (tertiary/aromatic N) is 5. The van der Waals surface area contributed by atoms with E-state index in [4.69, 9.17) is 0 Å². The Hall–Kier alpha value is -2.24. The Morgan fingerprint density at radius 2 is 2.23 bits per heavy atom. The van der Waals surface area contributed by atoms with Crippen molar-refractivity contribution in [3.63, 3.8) is 0 Å². The molecule has 0 spiro atoms. The Morgan fingerprint density at radius 1 is 1.41 bits per heavy atom. The summed E-state index contributed by atoms with van der Waals surface area (Å²) in [5.41, 5.74) is 1.30. The Kier molecular flexibility index (Phi) is 3.92. The molecule has 1 aliphatic rings. The second-order valence-corrected chi connectivity index (χ2v) is 6.02. The lowest BCUT2D eigenvalue weighted by molar-refractivity contribution is 0.0757. The van der Waals surface area contributed by atoms with Crippen molar-refractivity contribution >= 4 is 5.91 Å². The first-order valence-corrected chi connectivity index (χ1v) is 7.60. The summed E-state index contributed by atoms with van der Waals surface area (Å²) >= 11 is 0. The van der Waals surface area contributed by atoms with E-state index in [1.807, 2.05) is 33.3 Å². The summed E-state index contributed by atoms with van der Waals surface area (Å²) in [5.74, 6) is 2.16. The highest BCUT2D eigenvalue weighted by Gasteiger charge is 2.23. The number of imidazole rings is 1. The number of fused-ring (bicyclic) bond motifs is 1. The Bertz CT molecular complexity index is 673. The summed E-state index contributed by atoms with van der Waals surface area (Å²) in [6.45, 7) is 5.40. The highest BCUT2D eigenvalue weighted by Crippen LogP contribution is 2.20. The van der Waals surface area contributed by atoms with E-state index in [-0.39, 0.29) is 5.91 Å². The maximum atomic E-state index is 12.5. The van der Waals surface area contributed by atoms with Crippen molar-refractivity contribution in [3.8, 4) is 0 Å². The Balaban J connectivity index is 1.67. The van der Waals surface area contributed by atoms with Crippen LogP contribution in [0.5, 0.6) is 0 Å². The van der Waals surface area contributed by atoms with Gasteiger partial charge in [-0.25, -0.2) is 15.0 Å². The smallest absolute Gasteiger partial charge is 0.272 e. The Morgan fingerprint density at radius 3 is 3.00 bits per heavy atom. The first kappa shape index (κ1) is 14.7. The molecule has 1 aliphatic heterocycles. The van der Waals surface area contributed by atoms with Gasteiger partial charge in [-0.2, -0.15) is 0 Å². The molecule has 0 saturated heterocycles.